The highest BCUT2D eigenvalue weighted by atomic mass is 35.5. The Kier molecular flexibility index (Phi) is 6.13. The summed E-state index contributed by atoms with van der Waals surface area (Å²) in [6, 6.07) is 10.8. The molecular weight excluding hydrogens is 244 g/mol. The second-order valence-electron chi connectivity index (χ2n) is 5.53. The quantitative estimate of drug-likeness (QED) is 0.883. The third-order valence-corrected chi connectivity index (χ3v) is 3.76. The lowest BCUT2D eigenvalue weighted by atomic mass is 9.89. The first-order valence-corrected chi connectivity index (χ1v) is 6.69. The molecule has 0 aliphatic carbocycles. The number of benzene rings is 1. The predicted molar refractivity (Wildman–Crippen MR) is 80.2 cm³/mol. The van der Waals surface area contributed by atoms with Crippen molar-refractivity contribution in [2.45, 2.75) is 26.8 Å². The summed E-state index contributed by atoms with van der Waals surface area (Å²) in [5.41, 5.74) is 1.88. The van der Waals surface area contributed by atoms with Crippen LogP contribution >= 0.6 is 12.4 Å². The number of nitrogens with zero attached hydrogens (tertiary/aromatic N) is 1. The lowest BCUT2D eigenvalue weighted by molar-refractivity contribution is 0.178. The second kappa shape index (κ2) is 7.13. The molecule has 0 amide bonds. The van der Waals surface area contributed by atoms with Crippen molar-refractivity contribution in [1.29, 1.82) is 0 Å². The van der Waals surface area contributed by atoms with Gasteiger partial charge in [0.05, 0.1) is 0 Å². The number of hydrogen-bond donors (Lipinski definition) is 1. The molecule has 2 rings (SSSR count). The van der Waals surface area contributed by atoms with E-state index in [2.05, 4.69) is 54.4 Å². The average Bonchev–Trinajstić information content (AvgIpc) is 2.76. The predicted octanol–water partition coefficient (Wildman–Crippen LogP) is 2.93. The van der Waals surface area contributed by atoms with Crippen LogP contribution in [0.4, 0.5) is 0 Å². The van der Waals surface area contributed by atoms with Crippen LogP contribution < -0.4 is 5.32 Å². The van der Waals surface area contributed by atoms with Crippen LogP contribution in [0.5, 0.6) is 0 Å². The first-order chi connectivity index (χ1) is 8.22. The summed E-state index contributed by atoms with van der Waals surface area (Å²) in [5.74, 6) is 0. The van der Waals surface area contributed by atoms with Crippen molar-refractivity contribution < 1.29 is 0 Å². The molecule has 0 radical (unpaired) electrons. The van der Waals surface area contributed by atoms with Crippen LogP contribution in [-0.2, 0) is 6.54 Å². The Morgan fingerprint density at radius 2 is 2.00 bits per heavy atom. The van der Waals surface area contributed by atoms with Gasteiger partial charge in [-0.2, -0.15) is 0 Å². The van der Waals surface area contributed by atoms with Crippen LogP contribution in [0.3, 0.4) is 0 Å². The molecule has 18 heavy (non-hydrogen) atoms. The molecule has 1 atom stereocenters. The molecule has 1 aromatic rings. The van der Waals surface area contributed by atoms with Crippen LogP contribution in [-0.4, -0.2) is 31.1 Å². The van der Waals surface area contributed by atoms with Gasteiger partial charge in [-0.05, 0) is 30.5 Å². The van der Waals surface area contributed by atoms with Crippen molar-refractivity contribution in [3.63, 3.8) is 0 Å². The molecule has 1 heterocycles. The summed E-state index contributed by atoms with van der Waals surface area (Å²) in [4.78, 5) is 2.56. The van der Waals surface area contributed by atoms with Crippen molar-refractivity contribution in [3.05, 3.63) is 35.9 Å². The third kappa shape index (κ3) is 4.27. The highest BCUT2D eigenvalue weighted by molar-refractivity contribution is 5.85. The van der Waals surface area contributed by atoms with Crippen LogP contribution in [0.15, 0.2) is 30.3 Å². The SMILES string of the molecule is CCN(Cc1ccccc1)CC1(C)CCNC1.Cl. The van der Waals surface area contributed by atoms with E-state index in [0.717, 1.165) is 19.6 Å². The molecule has 102 valence electrons. The lowest BCUT2D eigenvalue weighted by Gasteiger charge is -2.31. The van der Waals surface area contributed by atoms with Gasteiger partial charge >= 0.3 is 0 Å². The minimum absolute atomic E-state index is 0. The number of rotatable bonds is 5. The van der Waals surface area contributed by atoms with E-state index in [4.69, 9.17) is 0 Å². The highest BCUT2D eigenvalue weighted by Crippen LogP contribution is 2.26. The van der Waals surface area contributed by atoms with Gasteiger partial charge in [0.2, 0.25) is 0 Å². The molecule has 1 unspecified atom stereocenters. The minimum atomic E-state index is 0. The summed E-state index contributed by atoms with van der Waals surface area (Å²) in [7, 11) is 0. The van der Waals surface area contributed by atoms with Gasteiger partial charge in [-0.3, -0.25) is 4.90 Å². The third-order valence-electron chi connectivity index (χ3n) is 3.76. The van der Waals surface area contributed by atoms with E-state index in [-0.39, 0.29) is 12.4 Å². The first-order valence-electron chi connectivity index (χ1n) is 6.69. The Labute approximate surface area is 117 Å². The molecule has 0 spiro atoms. The summed E-state index contributed by atoms with van der Waals surface area (Å²) in [6.07, 6.45) is 1.30. The van der Waals surface area contributed by atoms with E-state index in [1.807, 2.05) is 0 Å². The molecule has 1 aromatic carbocycles. The van der Waals surface area contributed by atoms with Gasteiger partial charge in [-0.1, -0.05) is 44.2 Å². The molecule has 1 saturated heterocycles. The molecule has 2 nitrogen and oxygen atoms in total. The number of halogens is 1. The van der Waals surface area contributed by atoms with E-state index in [1.54, 1.807) is 0 Å². The van der Waals surface area contributed by atoms with Crippen LogP contribution in [0.1, 0.15) is 25.8 Å². The van der Waals surface area contributed by atoms with Crippen molar-refractivity contribution in [2.24, 2.45) is 5.41 Å². The zero-order valence-corrected chi connectivity index (χ0v) is 12.3. The fraction of sp³-hybridized carbons (Fsp3) is 0.600. The van der Waals surface area contributed by atoms with Crippen molar-refractivity contribution >= 4 is 12.4 Å². The first kappa shape index (κ1) is 15.5. The molecule has 0 saturated carbocycles. The Morgan fingerprint density at radius 3 is 2.56 bits per heavy atom. The monoisotopic (exact) mass is 268 g/mol. The standard InChI is InChI=1S/C15H24N2.ClH/c1-3-17(11-14-7-5-4-6-8-14)13-15(2)9-10-16-12-15;/h4-8,16H,3,9-13H2,1-2H3;1H. The van der Waals surface area contributed by atoms with E-state index < -0.39 is 0 Å². The molecule has 1 fully saturated rings. The van der Waals surface area contributed by atoms with Gasteiger partial charge in [-0.15, -0.1) is 12.4 Å². The molecule has 1 N–H and O–H groups in total. The number of hydrogen-bond acceptors (Lipinski definition) is 2. The van der Waals surface area contributed by atoms with Crippen LogP contribution in [0, 0.1) is 5.41 Å². The largest absolute Gasteiger partial charge is 0.316 e. The maximum Gasteiger partial charge on any atom is 0.0233 e. The van der Waals surface area contributed by atoms with Gasteiger partial charge < -0.3 is 5.32 Å². The zero-order chi connectivity index (χ0) is 12.1. The maximum atomic E-state index is 3.48. The average molecular weight is 269 g/mol. The topological polar surface area (TPSA) is 15.3 Å². The Balaban J connectivity index is 0.00000162. The van der Waals surface area contributed by atoms with Crippen molar-refractivity contribution in [3.8, 4) is 0 Å². The molecular formula is C15H25ClN2. The van der Waals surface area contributed by atoms with Gasteiger partial charge in [0, 0.05) is 19.6 Å². The summed E-state index contributed by atoms with van der Waals surface area (Å²) in [6.45, 7) is 10.4. The van der Waals surface area contributed by atoms with E-state index in [0.29, 0.717) is 5.41 Å². The molecule has 0 aromatic heterocycles. The molecule has 1 aliphatic rings. The van der Waals surface area contributed by atoms with Gasteiger partial charge in [0.25, 0.3) is 0 Å². The Bertz CT molecular complexity index is 334. The Hall–Kier alpha value is -0.570. The summed E-state index contributed by atoms with van der Waals surface area (Å²) in [5, 5.41) is 3.48. The lowest BCUT2D eigenvalue weighted by Crippen LogP contribution is -2.37. The number of nitrogens with one attached hydrogen (secondary N) is 1. The normalized spacial score (nSPS) is 23.1. The molecule has 0 bridgehead atoms. The van der Waals surface area contributed by atoms with Crippen LogP contribution in [0.25, 0.3) is 0 Å². The zero-order valence-electron chi connectivity index (χ0n) is 11.5. The fourth-order valence-corrected chi connectivity index (χ4v) is 2.66. The summed E-state index contributed by atoms with van der Waals surface area (Å²) >= 11 is 0. The van der Waals surface area contributed by atoms with E-state index in [1.165, 1.54) is 25.1 Å². The Morgan fingerprint density at radius 1 is 1.28 bits per heavy atom. The fourth-order valence-electron chi connectivity index (χ4n) is 2.66. The summed E-state index contributed by atoms with van der Waals surface area (Å²) < 4.78 is 0. The second-order valence-corrected chi connectivity index (χ2v) is 5.53. The highest BCUT2D eigenvalue weighted by Gasteiger charge is 2.30. The van der Waals surface area contributed by atoms with Crippen molar-refractivity contribution in [1.82, 2.24) is 10.2 Å². The van der Waals surface area contributed by atoms with E-state index >= 15 is 0 Å². The maximum absolute atomic E-state index is 3.48. The van der Waals surface area contributed by atoms with Gasteiger partial charge in [-0.25, -0.2) is 0 Å². The minimum Gasteiger partial charge on any atom is -0.316 e. The van der Waals surface area contributed by atoms with Crippen LogP contribution in [0.2, 0.25) is 0 Å². The van der Waals surface area contributed by atoms with Gasteiger partial charge in [0.15, 0.2) is 0 Å². The van der Waals surface area contributed by atoms with Gasteiger partial charge in [0.1, 0.15) is 0 Å². The van der Waals surface area contributed by atoms with E-state index in [9.17, 15) is 0 Å². The molecule has 3 heteroatoms. The smallest absolute Gasteiger partial charge is 0.0233 e. The molecule has 1 aliphatic heterocycles. The van der Waals surface area contributed by atoms with Crippen molar-refractivity contribution in [2.75, 3.05) is 26.2 Å².